The molecule has 2 N–H and O–H groups in total. The van der Waals surface area contributed by atoms with Crippen molar-refractivity contribution in [1.29, 1.82) is 0 Å². The van der Waals surface area contributed by atoms with Crippen molar-refractivity contribution in [2.45, 2.75) is 6.92 Å². The summed E-state index contributed by atoms with van der Waals surface area (Å²) in [6.45, 7) is 1.73. The first-order chi connectivity index (χ1) is 5.74. The highest BCUT2D eigenvalue weighted by molar-refractivity contribution is 5.23. The second-order valence-corrected chi connectivity index (χ2v) is 2.07. The molecule has 0 saturated carbocycles. The summed E-state index contributed by atoms with van der Waals surface area (Å²) >= 11 is 0. The van der Waals surface area contributed by atoms with Crippen LogP contribution in [-0.2, 0) is 4.84 Å². The quantitative estimate of drug-likeness (QED) is 0.566. The molecule has 0 atom stereocenters. The van der Waals surface area contributed by atoms with Crippen LogP contribution in [0.4, 0.5) is 0 Å². The van der Waals surface area contributed by atoms with E-state index in [-0.39, 0.29) is 0 Å². The number of hydroxylamine groups is 1. The molecular formula is C5H9N5O2. The SMILES string of the molecule is CONC(C)=Cn1nn[nH]c1=O. The normalized spacial score (nSPS) is 11.7. The average molecular weight is 171 g/mol. The average Bonchev–Trinajstić information content (AvgIpc) is 2.37. The van der Waals surface area contributed by atoms with E-state index in [4.69, 9.17) is 0 Å². The monoisotopic (exact) mass is 171 g/mol. The van der Waals surface area contributed by atoms with Gasteiger partial charge in [0.25, 0.3) is 0 Å². The van der Waals surface area contributed by atoms with Crippen molar-refractivity contribution < 1.29 is 4.84 Å². The summed E-state index contributed by atoms with van der Waals surface area (Å²) in [5.41, 5.74) is 2.78. The lowest BCUT2D eigenvalue weighted by atomic mass is 10.6. The van der Waals surface area contributed by atoms with Crippen LogP contribution in [0.5, 0.6) is 0 Å². The fraction of sp³-hybridized carbons (Fsp3) is 0.400. The van der Waals surface area contributed by atoms with Crippen LogP contribution in [0.1, 0.15) is 6.92 Å². The van der Waals surface area contributed by atoms with Gasteiger partial charge in [0.1, 0.15) is 0 Å². The zero-order valence-electron chi connectivity index (χ0n) is 6.74. The number of nitrogens with zero attached hydrogens (tertiary/aromatic N) is 3. The maximum atomic E-state index is 10.8. The Morgan fingerprint density at radius 3 is 3.08 bits per heavy atom. The van der Waals surface area contributed by atoms with E-state index in [2.05, 4.69) is 25.8 Å². The molecule has 0 aliphatic rings. The summed E-state index contributed by atoms with van der Waals surface area (Å²) < 4.78 is 1.06. The molecule has 0 amide bonds. The molecule has 7 heteroatoms. The lowest BCUT2D eigenvalue weighted by molar-refractivity contribution is 0.118. The summed E-state index contributed by atoms with van der Waals surface area (Å²) in [6, 6.07) is 0. The summed E-state index contributed by atoms with van der Waals surface area (Å²) in [6.07, 6.45) is 1.45. The second-order valence-electron chi connectivity index (χ2n) is 2.07. The Hall–Kier alpha value is -1.63. The highest BCUT2D eigenvalue weighted by Gasteiger charge is 1.94. The van der Waals surface area contributed by atoms with Gasteiger partial charge in [0.15, 0.2) is 0 Å². The topological polar surface area (TPSA) is 84.8 Å². The van der Waals surface area contributed by atoms with E-state index in [9.17, 15) is 4.79 Å². The van der Waals surface area contributed by atoms with Gasteiger partial charge in [-0.3, -0.25) is 10.3 Å². The van der Waals surface area contributed by atoms with Gasteiger partial charge in [-0.15, -0.1) is 0 Å². The Morgan fingerprint density at radius 1 is 1.83 bits per heavy atom. The number of nitrogens with one attached hydrogen (secondary N) is 2. The number of allylic oxidation sites excluding steroid dienone is 1. The van der Waals surface area contributed by atoms with Crippen LogP contribution in [-0.4, -0.2) is 27.3 Å². The van der Waals surface area contributed by atoms with Gasteiger partial charge in [-0.25, -0.2) is 9.89 Å². The van der Waals surface area contributed by atoms with E-state index in [0.717, 1.165) is 4.68 Å². The lowest BCUT2D eigenvalue weighted by Gasteiger charge is -1.99. The van der Waals surface area contributed by atoms with Crippen molar-refractivity contribution in [3.05, 3.63) is 16.2 Å². The number of aromatic nitrogens is 4. The van der Waals surface area contributed by atoms with E-state index in [1.54, 1.807) is 6.92 Å². The molecular weight excluding hydrogens is 162 g/mol. The molecule has 0 fully saturated rings. The van der Waals surface area contributed by atoms with Crippen molar-refractivity contribution in [3.8, 4) is 0 Å². The van der Waals surface area contributed by atoms with Crippen LogP contribution in [0.15, 0.2) is 10.5 Å². The fourth-order valence-corrected chi connectivity index (χ4v) is 0.660. The third-order valence-corrected chi connectivity index (χ3v) is 1.07. The van der Waals surface area contributed by atoms with Gasteiger partial charge in [-0.2, -0.15) is 4.68 Å². The van der Waals surface area contributed by atoms with Crippen LogP contribution in [0, 0.1) is 0 Å². The number of tetrazole rings is 1. The third-order valence-electron chi connectivity index (χ3n) is 1.07. The van der Waals surface area contributed by atoms with E-state index in [0.29, 0.717) is 5.70 Å². The minimum atomic E-state index is -0.396. The van der Waals surface area contributed by atoms with Gasteiger partial charge >= 0.3 is 5.69 Å². The zero-order valence-corrected chi connectivity index (χ0v) is 6.74. The molecule has 0 unspecified atom stereocenters. The molecule has 0 saturated heterocycles. The first-order valence-electron chi connectivity index (χ1n) is 3.21. The largest absolute Gasteiger partial charge is 0.365 e. The predicted octanol–water partition coefficient (Wildman–Crippen LogP) is -1.06. The van der Waals surface area contributed by atoms with Gasteiger partial charge in [-0.05, 0) is 17.4 Å². The van der Waals surface area contributed by atoms with E-state index < -0.39 is 5.69 Å². The van der Waals surface area contributed by atoms with Gasteiger partial charge in [0, 0.05) is 0 Å². The van der Waals surface area contributed by atoms with E-state index >= 15 is 0 Å². The summed E-state index contributed by atoms with van der Waals surface area (Å²) in [4.78, 5) is 15.4. The fourth-order valence-electron chi connectivity index (χ4n) is 0.660. The molecule has 1 aromatic heterocycles. The Bertz CT molecular complexity index is 325. The van der Waals surface area contributed by atoms with Gasteiger partial charge in [-0.1, -0.05) is 0 Å². The standard InChI is InChI=1S/C5H9N5O2/c1-4(7-12-2)3-10-5(11)6-8-9-10/h3,7H,1-2H3,(H,6,9,11). The van der Waals surface area contributed by atoms with Gasteiger partial charge < -0.3 is 0 Å². The third kappa shape index (κ3) is 1.92. The van der Waals surface area contributed by atoms with Gasteiger partial charge in [0.05, 0.1) is 19.0 Å². The minimum absolute atomic E-state index is 0.396. The van der Waals surface area contributed by atoms with Crippen molar-refractivity contribution in [1.82, 2.24) is 25.7 Å². The number of aromatic amines is 1. The molecule has 1 aromatic rings. The molecule has 7 nitrogen and oxygen atoms in total. The second kappa shape index (κ2) is 3.67. The van der Waals surface area contributed by atoms with Crippen molar-refractivity contribution in [3.63, 3.8) is 0 Å². The maximum Gasteiger partial charge on any atom is 0.365 e. The van der Waals surface area contributed by atoms with Crippen LogP contribution in [0.3, 0.4) is 0 Å². The molecule has 12 heavy (non-hydrogen) atoms. The molecule has 1 heterocycles. The summed E-state index contributed by atoms with van der Waals surface area (Å²) in [5, 5.41) is 8.91. The summed E-state index contributed by atoms with van der Waals surface area (Å²) in [5.74, 6) is 0. The molecule has 0 aliphatic heterocycles. The summed E-state index contributed by atoms with van der Waals surface area (Å²) in [7, 11) is 1.48. The molecule has 0 radical (unpaired) electrons. The number of rotatable bonds is 3. The first kappa shape index (κ1) is 8.47. The number of H-pyrrole nitrogens is 1. The van der Waals surface area contributed by atoms with E-state index in [1.165, 1.54) is 13.3 Å². The molecule has 66 valence electrons. The van der Waals surface area contributed by atoms with Crippen molar-refractivity contribution >= 4 is 6.20 Å². The Kier molecular flexibility index (Phi) is 2.59. The molecule has 1 rings (SSSR count). The highest BCUT2D eigenvalue weighted by Crippen LogP contribution is 1.85. The number of hydrogen-bond donors (Lipinski definition) is 2. The van der Waals surface area contributed by atoms with Crippen LogP contribution >= 0.6 is 0 Å². The van der Waals surface area contributed by atoms with Crippen LogP contribution in [0.2, 0.25) is 0 Å². The maximum absolute atomic E-state index is 10.8. The smallest absolute Gasteiger partial charge is 0.280 e. The zero-order chi connectivity index (χ0) is 8.97. The van der Waals surface area contributed by atoms with Crippen molar-refractivity contribution in [2.75, 3.05) is 7.11 Å². The highest BCUT2D eigenvalue weighted by atomic mass is 16.6. The van der Waals surface area contributed by atoms with E-state index in [1.807, 2.05) is 0 Å². The van der Waals surface area contributed by atoms with Gasteiger partial charge in [0.2, 0.25) is 0 Å². The Balaban J connectivity index is 2.80. The minimum Gasteiger partial charge on any atom is -0.280 e. The molecule has 0 aromatic carbocycles. The van der Waals surface area contributed by atoms with Crippen molar-refractivity contribution in [2.24, 2.45) is 0 Å². The molecule has 0 bridgehead atoms. The Labute approximate surface area is 68.0 Å². The van der Waals surface area contributed by atoms with Crippen LogP contribution in [0.25, 0.3) is 6.20 Å². The number of hydrogen-bond acceptors (Lipinski definition) is 5. The lowest BCUT2D eigenvalue weighted by Crippen LogP contribution is -2.16. The Morgan fingerprint density at radius 2 is 2.58 bits per heavy atom. The molecule has 0 spiro atoms. The first-order valence-corrected chi connectivity index (χ1v) is 3.21. The predicted molar refractivity (Wildman–Crippen MR) is 40.7 cm³/mol. The molecule has 0 aliphatic carbocycles. The van der Waals surface area contributed by atoms with Crippen LogP contribution < -0.4 is 11.2 Å².